The molecule has 1 aromatic rings. The van der Waals surface area contributed by atoms with E-state index in [9.17, 15) is 0 Å². The summed E-state index contributed by atoms with van der Waals surface area (Å²) in [4.78, 5) is 0. The zero-order valence-corrected chi connectivity index (χ0v) is 22.0. The van der Waals surface area contributed by atoms with E-state index in [1.54, 1.807) is 9.14 Å². The Morgan fingerprint density at radius 3 is 1.78 bits per heavy atom. The van der Waals surface area contributed by atoms with Gasteiger partial charge in [-0.1, -0.05) is 0 Å². The molecule has 0 nitrogen and oxygen atoms in total. The SMILES string of the molecule is CCCCCCCC(CCCC)(CCCC)c1cccc[c]1[SnH3]. The molecule has 0 fully saturated rings. The minimum atomic E-state index is 0.487. The molecule has 0 spiro atoms. The van der Waals surface area contributed by atoms with Gasteiger partial charge in [0.1, 0.15) is 0 Å². The standard InChI is InChI=1S/C22H37.Sn.3H/c1-4-7-10-11-15-20-22(18-8-5-2,19-9-6-3)21-16-13-12-14-17-21;;;;/h12-14,16H,4-11,15,18-20H2,1-3H3;;;;. The maximum absolute atomic E-state index is 2.48. The summed E-state index contributed by atoms with van der Waals surface area (Å²) >= 11 is 0.603. The number of hydrogen-bond acceptors (Lipinski definition) is 0. The van der Waals surface area contributed by atoms with Crippen molar-refractivity contribution in [2.75, 3.05) is 0 Å². The molecule has 0 aromatic heterocycles. The summed E-state index contributed by atoms with van der Waals surface area (Å²) in [5, 5.41) is 0. The Morgan fingerprint density at radius 2 is 1.22 bits per heavy atom. The van der Waals surface area contributed by atoms with Crippen LogP contribution in [0.5, 0.6) is 0 Å². The van der Waals surface area contributed by atoms with Crippen molar-refractivity contribution in [2.45, 2.75) is 103 Å². The van der Waals surface area contributed by atoms with E-state index in [0.717, 1.165) is 0 Å². The quantitative estimate of drug-likeness (QED) is 0.284. The summed E-state index contributed by atoms with van der Waals surface area (Å²) in [6.07, 6.45) is 16.8. The van der Waals surface area contributed by atoms with Crippen LogP contribution in [0.2, 0.25) is 0 Å². The van der Waals surface area contributed by atoms with Gasteiger partial charge in [0.25, 0.3) is 0 Å². The molecule has 0 saturated heterocycles. The fourth-order valence-electron chi connectivity index (χ4n) is 4.04. The summed E-state index contributed by atoms with van der Waals surface area (Å²) in [6.45, 7) is 7.01. The molecule has 0 aliphatic rings. The van der Waals surface area contributed by atoms with E-state index in [-0.39, 0.29) is 0 Å². The molecule has 23 heavy (non-hydrogen) atoms. The van der Waals surface area contributed by atoms with Gasteiger partial charge in [-0.05, 0) is 0 Å². The maximum atomic E-state index is 2.48. The fraction of sp³-hybridized carbons (Fsp3) is 0.727. The van der Waals surface area contributed by atoms with Crippen LogP contribution in [-0.2, 0) is 5.41 Å². The fourth-order valence-corrected chi connectivity index (χ4v) is 6.58. The summed E-state index contributed by atoms with van der Waals surface area (Å²) in [6, 6.07) is 9.43. The Labute approximate surface area is 158 Å². The first-order valence-electron chi connectivity index (χ1n) is 10.3. The third-order valence-electron chi connectivity index (χ3n) is 5.49. The topological polar surface area (TPSA) is 0 Å². The van der Waals surface area contributed by atoms with Crippen molar-refractivity contribution in [3.8, 4) is 0 Å². The van der Waals surface area contributed by atoms with Crippen molar-refractivity contribution in [2.24, 2.45) is 0 Å². The van der Waals surface area contributed by atoms with Gasteiger partial charge in [-0.25, -0.2) is 0 Å². The molecule has 0 aliphatic heterocycles. The average molecular weight is 423 g/mol. The first-order valence-corrected chi connectivity index (χ1v) is 13.1. The molecule has 1 aromatic carbocycles. The molecule has 0 saturated carbocycles. The van der Waals surface area contributed by atoms with Crippen LogP contribution in [0.3, 0.4) is 0 Å². The Hall–Kier alpha value is 0.0187. The monoisotopic (exact) mass is 424 g/mol. The van der Waals surface area contributed by atoms with Crippen molar-refractivity contribution in [3.63, 3.8) is 0 Å². The minimum absolute atomic E-state index is 0.487. The molecule has 1 rings (SSSR count). The Morgan fingerprint density at radius 1 is 0.696 bits per heavy atom. The summed E-state index contributed by atoms with van der Waals surface area (Å²) in [5.41, 5.74) is 2.23. The van der Waals surface area contributed by atoms with Crippen LogP contribution in [0, 0.1) is 0 Å². The molecule has 0 atom stereocenters. The van der Waals surface area contributed by atoms with Gasteiger partial charge < -0.3 is 0 Å². The van der Waals surface area contributed by atoms with Crippen molar-refractivity contribution in [1.82, 2.24) is 0 Å². The first kappa shape index (κ1) is 21.1. The van der Waals surface area contributed by atoms with E-state index in [4.69, 9.17) is 0 Å². The zero-order valence-electron chi connectivity index (χ0n) is 16.3. The summed E-state index contributed by atoms with van der Waals surface area (Å²) in [7, 11) is 0. The second-order valence-corrected chi connectivity index (χ2v) is 10.5. The molecular formula is C22H40Sn. The predicted octanol–water partition coefficient (Wildman–Crippen LogP) is 5.66. The van der Waals surface area contributed by atoms with E-state index in [0.29, 0.717) is 27.9 Å². The Bertz CT molecular complexity index is 402. The van der Waals surface area contributed by atoms with E-state index >= 15 is 0 Å². The Balaban J connectivity index is 2.91. The van der Waals surface area contributed by atoms with Gasteiger partial charge in [0.15, 0.2) is 0 Å². The average Bonchev–Trinajstić information content (AvgIpc) is 2.57. The molecule has 0 amide bonds. The number of rotatable bonds is 13. The van der Waals surface area contributed by atoms with Crippen LogP contribution >= 0.6 is 0 Å². The Kier molecular flexibility index (Phi) is 11.3. The predicted molar refractivity (Wildman–Crippen MR) is 110 cm³/mol. The number of benzene rings is 1. The van der Waals surface area contributed by atoms with Crippen LogP contribution in [0.4, 0.5) is 0 Å². The van der Waals surface area contributed by atoms with E-state index in [1.807, 2.05) is 0 Å². The van der Waals surface area contributed by atoms with Gasteiger partial charge in [0, 0.05) is 0 Å². The molecular weight excluding hydrogens is 383 g/mol. The van der Waals surface area contributed by atoms with Gasteiger partial charge in [-0.2, -0.15) is 0 Å². The summed E-state index contributed by atoms with van der Waals surface area (Å²) < 4.78 is 1.72. The third-order valence-corrected chi connectivity index (χ3v) is 7.98. The molecule has 0 aliphatic carbocycles. The van der Waals surface area contributed by atoms with Gasteiger partial charge in [0.2, 0.25) is 0 Å². The first-order chi connectivity index (χ1) is 11.2. The molecule has 0 bridgehead atoms. The molecule has 0 N–H and O–H groups in total. The van der Waals surface area contributed by atoms with E-state index in [1.165, 1.54) is 77.0 Å². The number of hydrogen-bond donors (Lipinski definition) is 0. The van der Waals surface area contributed by atoms with Gasteiger partial charge >= 0.3 is 159 Å². The van der Waals surface area contributed by atoms with Crippen molar-refractivity contribution in [1.29, 1.82) is 0 Å². The van der Waals surface area contributed by atoms with Crippen LogP contribution in [0.25, 0.3) is 0 Å². The van der Waals surface area contributed by atoms with Crippen LogP contribution < -0.4 is 3.58 Å². The van der Waals surface area contributed by atoms with Crippen molar-refractivity contribution in [3.05, 3.63) is 29.8 Å². The van der Waals surface area contributed by atoms with Crippen LogP contribution in [-0.4, -0.2) is 22.5 Å². The van der Waals surface area contributed by atoms with Crippen molar-refractivity contribution >= 4 is 26.1 Å². The third kappa shape index (κ3) is 7.20. The van der Waals surface area contributed by atoms with Crippen LogP contribution in [0.15, 0.2) is 24.3 Å². The molecule has 0 radical (unpaired) electrons. The van der Waals surface area contributed by atoms with Crippen molar-refractivity contribution < 1.29 is 0 Å². The van der Waals surface area contributed by atoms with Crippen LogP contribution in [0.1, 0.15) is 103 Å². The van der Waals surface area contributed by atoms with Gasteiger partial charge in [0.05, 0.1) is 0 Å². The van der Waals surface area contributed by atoms with Gasteiger partial charge in [-0.15, -0.1) is 0 Å². The summed E-state index contributed by atoms with van der Waals surface area (Å²) in [5.74, 6) is 0. The zero-order chi connectivity index (χ0) is 17.0. The number of unbranched alkanes of at least 4 members (excludes halogenated alkanes) is 6. The normalized spacial score (nSPS) is 12.0. The second-order valence-electron chi connectivity index (χ2n) is 7.47. The molecule has 132 valence electrons. The second kappa shape index (κ2) is 12.4. The molecule has 1 heteroatoms. The van der Waals surface area contributed by atoms with E-state index in [2.05, 4.69) is 45.0 Å². The van der Waals surface area contributed by atoms with E-state index < -0.39 is 0 Å². The molecule has 0 unspecified atom stereocenters. The van der Waals surface area contributed by atoms with Gasteiger partial charge in [-0.3, -0.25) is 0 Å². The molecule has 0 heterocycles.